The highest BCUT2D eigenvalue weighted by Gasteiger charge is 2.35. The molecule has 0 atom stereocenters. The predicted octanol–water partition coefficient (Wildman–Crippen LogP) is 5.19. The van der Waals surface area contributed by atoms with Crippen LogP contribution in [0.3, 0.4) is 0 Å². The number of nitrogens with two attached hydrogens (primary N) is 1. The molecule has 0 fully saturated rings. The number of carbonyl (C=O) groups excluding carboxylic acids is 2. The lowest BCUT2D eigenvalue weighted by molar-refractivity contribution is -0.137. The van der Waals surface area contributed by atoms with E-state index in [0.29, 0.717) is 5.57 Å². The number of hydrogen-bond donors (Lipinski definition) is 2. The first-order chi connectivity index (χ1) is 15.4. The average molecular weight is 485 g/mol. The molecule has 8 nitrogen and oxygen atoms in total. The van der Waals surface area contributed by atoms with Gasteiger partial charge in [-0.1, -0.05) is 12.1 Å². The number of halogens is 3. The summed E-state index contributed by atoms with van der Waals surface area (Å²) in [4.78, 5) is 30.0. The van der Waals surface area contributed by atoms with Gasteiger partial charge in [-0.25, -0.2) is 9.59 Å². The zero-order valence-electron chi connectivity index (χ0n) is 20.2. The SMILES string of the molecule is CC(C)(C)OC(=O)/N=C(/NC(=O)OC(C)(C)C)N1CC=C(c2ccc(N)cc2C(F)(F)F)CC1. The zero-order chi connectivity index (χ0) is 25.9. The molecule has 0 saturated heterocycles. The molecule has 1 aliphatic rings. The van der Waals surface area contributed by atoms with Crippen molar-refractivity contribution in [2.75, 3.05) is 18.8 Å². The Morgan fingerprint density at radius 3 is 2.18 bits per heavy atom. The monoisotopic (exact) mass is 484 g/mol. The Balaban J connectivity index is 2.31. The van der Waals surface area contributed by atoms with E-state index in [1.54, 1.807) is 52.5 Å². The van der Waals surface area contributed by atoms with Crippen LogP contribution in [0.5, 0.6) is 0 Å². The lowest BCUT2D eigenvalue weighted by Gasteiger charge is -2.30. The Morgan fingerprint density at radius 1 is 1.06 bits per heavy atom. The highest BCUT2D eigenvalue weighted by molar-refractivity contribution is 5.99. The minimum Gasteiger partial charge on any atom is -0.444 e. The summed E-state index contributed by atoms with van der Waals surface area (Å²) >= 11 is 0. The number of nitrogen functional groups attached to an aromatic ring is 1. The van der Waals surface area contributed by atoms with Crippen molar-refractivity contribution < 1.29 is 32.2 Å². The van der Waals surface area contributed by atoms with Crippen molar-refractivity contribution in [1.29, 1.82) is 0 Å². The van der Waals surface area contributed by atoms with E-state index in [-0.39, 0.29) is 36.7 Å². The number of nitrogens with one attached hydrogen (secondary N) is 1. The second-order valence-electron chi connectivity index (χ2n) is 9.77. The lowest BCUT2D eigenvalue weighted by atomic mass is 9.94. The molecule has 2 amide bonds. The molecule has 34 heavy (non-hydrogen) atoms. The van der Waals surface area contributed by atoms with Gasteiger partial charge in [0.1, 0.15) is 11.2 Å². The molecule has 0 spiro atoms. The first kappa shape index (κ1) is 27.0. The van der Waals surface area contributed by atoms with E-state index >= 15 is 0 Å². The fourth-order valence-corrected chi connectivity index (χ4v) is 3.13. The number of nitrogens with zero attached hydrogens (tertiary/aromatic N) is 2. The Hall–Kier alpha value is -3.24. The summed E-state index contributed by atoms with van der Waals surface area (Å²) in [6, 6.07) is 3.66. The molecular weight excluding hydrogens is 453 g/mol. The Bertz CT molecular complexity index is 989. The first-order valence-corrected chi connectivity index (χ1v) is 10.7. The quantitative estimate of drug-likeness (QED) is 0.323. The molecule has 0 radical (unpaired) electrons. The molecule has 11 heteroatoms. The molecule has 1 aromatic rings. The van der Waals surface area contributed by atoms with Crippen molar-refractivity contribution in [1.82, 2.24) is 10.2 Å². The van der Waals surface area contributed by atoms with E-state index in [4.69, 9.17) is 15.2 Å². The molecular formula is C23H31F3N4O4. The molecule has 188 valence electrons. The van der Waals surface area contributed by atoms with E-state index in [1.807, 2.05) is 0 Å². The first-order valence-electron chi connectivity index (χ1n) is 10.7. The van der Waals surface area contributed by atoms with Crippen LogP contribution in [0.25, 0.3) is 5.57 Å². The molecule has 1 heterocycles. The van der Waals surface area contributed by atoms with Gasteiger partial charge in [0.25, 0.3) is 0 Å². The summed E-state index contributed by atoms with van der Waals surface area (Å²) in [5, 5.41) is 2.45. The van der Waals surface area contributed by atoms with Gasteiger partial charge in [-0.2, -0.15) is 13.2 Å². The van der Waals surface area contributed by atoms with Gasteiger partial charge in [0.05, 0.1) is 5.56 Å². The van der Waals surface area contributed by atoms with Crippen LogP contribution < -0.4 is 11.1 Å². The van der Waals surface area contributed by atoms with Crippen molar-refractivity contribution in [3.05, 3.63) is 35.4 Å². The third-order valence-electron chi connectivity index (χ3n) is 4.41. The van der Waals surface area contributed by atoms with Gasteiger partial charge < -0.3 is 20.1 Å². The Kier molecular flexibility index (Phi) is 7.90. The number of ether oxygens (including phenoxy) is 2. The maximum atomic E-state index is 13.5. The molecule has 2 rings (SSSR count). The molecule has 0 aliphatic carbocycles. The molecule has 0 aromatic heterocycles. The fraction of sp³-hybridized carbons (Fsp3) is 0.522. The second kappa shape index (κ2) is 9.94. The number of aliphatic imine (C=N–C) groups is 1. The van der Waals surface area contributed by atoms with Crippen LogP contribution in [0.2, 0.25) is 0 Å². The number of anilines is 1. The number of guanidine groups is 1. The summed E-state index contributed by atoms with van der Waals surface area (Å²) in [5.74, 6) is -0.118. The van der Waals surface area contributed by atoms with Gasteiger partial charge in [-0.05, 0) is 71.2 Å². The van der Waals surface area contributed by atoms with Crippen LogP contribution in [0.4, 0.5) is 28.4 Å². The highest BCUT2D eigenvalue weighted by Crippen LogP contribution is 2.37. The van der Waals surface area contributed by atoms with Crippen LogP contribution in [0.1, 0.15) is 59.1 Å². The van der Waals surface area contributed by atoms with Gasteiger partial charge in [0.15, 0.2) is 0 Å². The topological polar surface area (TPSA) is 106 Å². The van der Waals surface area contributed by atoms with Crippen molar-refractivity contribution in [2.24, 2.45) is 4.99 Å². The summed E-state index contributed by atoms with van der Waals surface area (Å²) in [7, 11) is 0. The molecule has 3 N–H and O–H groups in total. The van der Waals surface area contributed by atoms with E-state index in [9.17, 15) is 22.8 Å². The number of carbonyl (C=O) groups is 2. The number of rotatable bonds is 1. The Morgan fingerprint density at radius 2 is 1.68 bits per heavy atom. The average Bonchev–Trinajstić information content (AvgIpc) is 2.64. The smallest absolute Gasteiger partial charge is 0.437 e. The van der Waals surface area contributed by atoms with Crippen LogP contribution in [0, 0.1) is 0 Å². The number of hydrogen-bond acceptors (Lipinski definition) is 5. The molecule has 1 aliphatic heterocycles. The van der Waals surface area contributed by atoms with Crippen LogP contribution >= 0.6 is 0 Å². The third-order valence-corrected chi connectivity index (χ3v) is 4.41. The van der Waals surface area contributed by atoms with Crippen molar-refractivity contribution in [3.8, 4) is 0 Å². The van der Waals surface area contributed by atoms with Crippen LogP contribution in [0.15, 0.2) is 29.3 Å². The van der Waals surface area contributed by atoms with Gasteiger partial charge >= 0.3 is 18.4 Å². The van der Waals surface area contributed by atoms with E-state index in [1.165, 1.54) is 12.1 Å². The number of alkyl carbamates (subject to hydrolysis) is 1. The number of benzene rings is 1. The molecule has 0 saturated carbocycles. The molecule has 0 bridgehead atoms. The number of amides is 2. The van der Waals surface area contributed by atoms with Gasteiger partial charge in [-0.15, -0.1) is 4.99 Å². The van der Waals surface area contributed by atoms with Crippen molar-refractivity contribution in [2.45, 2.75) is 65.3 Å². The van der Waals surface area contributed by atoms with Gasteiger partial charge in [0.2, 0.25) is 5.96 Å². The van der Waals surface area contributed by atoms with Gasteiger partial charge in [0, 0.05) is 18.8 Å². The normalized spacial score (nSPS) is 15.5. The van der Waals surface area contributed by atoms with Crippen molar-refractivity contribution in [3.63, 3.8) is 0 Å². The number of alkyl halides is 3. The molecule has 0 unspecified atom stereocenters. The van der Waals surface area contributed by atoms with Crippen molar-refractivity contribution >= 4 is 29.4 Å². The predicted molar refractivity (Wildman–Crippen MR) is 123 cm³/mol. The Labute approximate surface area is 197 Å². The highest BCUT2D eigenvalue weighted by atomic mass is 19.4. The zero-order valence-corrected chi connectivity index (χ0v) is 20.2. The van der Waals surface area contributed by atoms with Crippen LogP contribution in [-0.2, 0) is 15.7 Å². The minimum absolute atomic E-state index is 0.0162. The summed E-state index contributed by atoms with van der Waals surface area (Å²) in [6.07, 6.45) is -4.53. The van der Waals surface area contributed by atoms with E-state index < -0.39 is 35.1 Å². The summed E-state index contributed by atoms with van der Waals surface area (Å²) < 4.78 is 51.0. The van der Waals surface area contributed by atoms with Gasteiger partial charge in [-0.3, -0.25) is 5.32 Å². The standard InChI is InChI=1S/C23H31F3N4O4/c1-21(2,3)33-19(31)28-18(29-20(32)34-22(4,5)6)30-11-9-14(10-12-30)16-8-7-15(27)13-17(16)23(24,25)26/h7-9,13H,10-12,27H2,1-6H3,(H,28,29,31,32). The maximum Gasteiger partial charge on any atom is 0.437 e. The van der Waals surface area contributed by atoms with Crippen LogP contribution in [-0.4, -0.2) is 47.3 Å². The maximum absolute atomic E-state index is 13.5. The molecule has 1 aromatic carbocycles. The second-order valence-corrected chi connectivity index (χ2v) is 9.77. The minimum atomic E-state index is -4.57. The van der Waals surface area contributed by atoms with E-state index in [0.717, 1.165) is 6.07 Å². The summed E-state index contributed by atoms with van der Waals surface area (Å²) in [5.41, 5.74) is 3.66. The lowest BCUT2D eigenvalue weighted by Crippen LogP contribution is -2.48. The fourth-order valence-electron chi connectivity index (χ4n) is 3.13. The third kappa shape index (κ3) is 8.27. The largest absolute Gasteiger partial charge is 0.444 e. The van der Waals surface area contributed by atoms with E-state index in [2.05, 4.69) is 10.3 Å². The summed E-state index contributed by atoms with van der Waals surface area (Å²) in [6.45, 7) is 10.3.